The van der Waals surface area contributed by atoms with Gasteiger partial charge in [0.2, 0.25) is 0 Å². The Morgan fingerprint density at radius 1 is 1.30 bits per heavy atom. The Hall–Kier alpha value is -1.72. The molecule has 1 amide bonds. The Morgan fingerprint density at radius 3 is 2.60 bits per heavy atom. The van der Waals surface area contributed by atoms with Gasteiger partial charge in [0, 0.05) is 12.1 Å². The molecule has 0 radical (unpaired) electrons. The van der Waals surface area contributed by atoms with Crippen LogP contribution in [-0.4, -0.2) is 10.9 Å². The quantitative estimate of drug-likeness (QED) is 0.833. The SMILES string of the molecule is CCc1ccsc1C(=O)Nc1ccc(CC(N)=S)cc1. The highest BCUT2D eigenvalue weighted by Crippen LogP contribution is 2.19. The zero-order valence-electron chi connectivity index (χ0n) is 11.2. The highest BCUT2D eigenvalue weighted by atomic mass is 32.1. The summed E-state index contributed by atoms with van der Waals surface area (Å²) in [7, 11) is 0. The molecule has 1 heterocycles. The molecular weight excluding hydrogens is 288 g/mol. The lowest BCUT2D eigenvalue weighted by molar-refractivity contribution is 0.103. The van der Waals surface area contributed by atoms with Gasteiger partial charge in [-0.25, -0.2) is 0 Å². The van der Waals surface area contributed by atoms with Crippen molar-refractivity contribution in [3.8, 4) is 0 Å². The monoisotopic (exact) mass is 304 g/mol. The van der Waals surface area contributed by atoms with Gasteiger partial charge in [-0.15, -0.1) is 11.3 Å². The van der Waals surface area contributed by atoms with Gasteiger partial charge < -0.3 is 11.1 Å². The summed E-state index contributed by atoms with van der Waals surface area (Å²) in [6.07, 6.45) is 1.44. The molecule has 104 valence electrons. The highest BCUT2D eigenvalue weighted by Gasteiger charge is 2.12. The van der Waals surface area contributed by atoms with Gasteiger partial charge in [-0.1, -0.05) is 31.3 Å². The normalized spacial score (nSPS) is 10.2. The van der Waals surface area contributed by atoms with Gasteiger partial charge in [-0.3, -0.25) is 4.79 Å². The fourth-order valence-electron chi connectivity index (χ4n) is 1.91. The summed E-state index contributed by atoms with van der Waals surface area (Å²) in [4.78, 5) is 13.4. The minimum atomic E-state index is -0.0565. The van der Waals surface area contributed by atoms with E-state index in [9.17, 15) is 4.79 Å². The zero-order valence-corrected chi connectivity index (χ0v) is 12.8. The maximum absolute atomic E-state index is 12.2. The summed E-state index contributed by atoms with van der Waals surface area (Å²) in [5, 5.41) is 4.85. The Kier molecular flexibility index (Phi) is 4.87. The second kappa shape index (κ2) is 6.63. The van der Waals surface area contributed by atoms with Gasteiger partial charge in [0.25, 0.3) is 5.91 Å². The fraction of sp³-hybridized carbons (Fsp3) is 0.200. The molecule has 5 heteroatoms. The summed E-state index contributed by atoms with van der Waals surface area (Å²) < 4.78 is 0. The van der Waals surface area contributed by atoms with Crippen molar-refractivity contribution in [1.82, 2.24) is 0 Å². The fourth-order valence-corrected chi connectivity index (χ4v) is 2.97. The molecule has 0 aliphatic heterocycles. The van der Waals surface area contributed by atoms with E-state index in [4.69, 9.17) is 18.0 Å². The molecule has 20 heavy (non-hydrogen) atoms. The van der Waals surface area contributed by atoms with E-state index in [0.29, 0.717) is 11.4 Å². The summed E-state index contributed by atoms with van der Waals surface area (Å²) in [6, 6.07) is 9.56. The smallest absolute Gasteiger partial charge is 0.266 e. The first-order valence-corrected chi connectivity index (χ1v) is 7.64. The Morgan fingerprint density at radius 2 is 2.00 bits per heavy atom. The van der Waals surface area contributed by atoms with Crippen LogP contribution in [0.1, 0.15) is 27.7 Å². The van der Waals surface area contributed by atoms with Crippen LogP contribution in [0.15, 0.2) is 35.7 Å². The average molecular weight is 304 g/mol. The highest BCUT2D eigenvalue weighted by molar-refractivity contribution is 7.80. The lowest BCUT2D eigenvalue weighted by Crippen LogP contribution is -2.13. The first-order valence-electron chi connectivity index (χ1n) is 6.35. The van der Waals surface area contributed by atoms with Gasteiger partial charge in [0.1, 0.15) is 0 Å². The zero-order chi connectivity index (χ0) is 14.5. The lowest BCUT2D eigenvalue weighted by Gasteiger charge is -2.06. The Balaban J connectivity index is 2.06. The molecule has 0 aliphatic rings. The molecule has 3 nitrogen and oxygen atoms in total. The number of rotatable bonds is 5. The van der Waals surface area contributed by atoms with E-state index in [1.807, 2.05) is 42.6 Å². The number of nitrogens with one attached hydrogen (secondary N) is 1. The molecule has 0 spiro atoms. The van der Waals surface area contributed by atoms with Crippen LogP contribution in [0, 0.1) is 0 Å². The third-order valence-electron chi connectivity index (χ3n) is 2.92. The second-order valence-corrected chi connectivity index (χ2v) is 5.86. The molecule has 1 aromatic heterocycles. The van der Waals surface area contributed by atoms with Gasteiger partial charge in [-0.2, -0.15) is 0 Å². The van der Waals surface area contributed by atoms with Crippen LogP contribution in [0.5, 0.6) is 0 Å². The molecule has 0 aliphatic carbocycles. The average Bonchev–Trinajstić information content (AvgIpc) is 2.89. The van der Waals surface area contributed by atoms with Crippen LogP contribution >= 0.6 is 23.6 Å². The summed E-state index contributed by atoms with van der Waals surface area (Å²) >= 11 is 6.34. The van der Waals surface area contributed by atoms with Crippen molar-refractivity contribution in [3.05, 3.63) is 51.7 Å². The van der Waals surface area contributed by atoms with Crippen molar-refractivity contribution in [2.24, 2.45) is 5.73 Å². The third kappa shape index (κ3) is 3.65. The molecule has 0 atom stereocenters. The van der Waals surface area contributed by atoms with Crippen molar-refractivity contribution in [1.29, 1.82) is 0 Å². The maximum atomic E-state index is 12.2. The van der Waals surface area contributed by atoms with E-state index < -0.39 is 0 Å². The van der Waals surface area contributed by atoms with Crippen LogP contribution in [0.25, 0.3) is 0 Å². The number of thiocarbonyl (C=S) groups is 1. The number of hydrogen-bond donors (Lipinski definition) is 2. The third-order valence-corrected chi connectivity index (χ3v) is 4.02. The number of thiophene rings is 1. The summed E-state index contributed by atoms with van der Waals surface area (Å²) in [5.41, 5.74) is 8.40. The van der Waals surface area contributed by atoms with E-state index in [2.05, 4.69) is 5.32 Å². The van der Waals surface area contributed by atoms with Crippen molar-refractivity contribution in [3.63, 3.8) is 0 Å². The van der Waals surface area contributed by atoms with E-state index in [1.165, 1.54) is 11.3 Å². The second-order valence-electron chi connectivity index (χ2n) is 4.42. The van der Waals surface area contributed by atoms with Crippen molar-refractivity contribution >= 4 is 40.1 Å². The van der Waals surface area contributed by atoms with Crippen LogP contribution in [-0.2, 0) is 12.8 Å². The van der Waals surface area contributed by atoms with Gasteiger partial charge in [-0.05, 0) is 41.1 Å². The van der Waals surface area contributed by atoms with Crippen LogP contribution in [0.2, 0.25) is 0 Å². The lowest BCUT2D eigenvalue weighted by atomic mass is 10.1. The molecule has 0 saturated carbocycles. The number of hydrogen-bond acceptors (Lipinski definition) is 3. The molecule has 0 bridgehead atoms. The summed E-state index contributed by atoms with van der Waals surface area (Å²) in [5.74, 6) is -0.0565. The number of benzene rings is 1. The first-order chi connectivity index (χ1) is 9.60. The number of nitrogens with two attached hydrogens (primary N) is 1. The Bertz CT molecular complexity index is 617. The largest absolute Gasteiger partial charge is 0.393 e. The van der Waals surface area contributed by atoms with Crippen molar-refractivity contribution < 1.29 is 4.79 Å². The van der Waals surface area contributed by atoms with Crippen molar-refractivity contribution in [2.45, 2.75) is 19.8 Å². The molecular formula is C15H16N2OS2. The number of amides is 1. The number of carbonyl (C=O) groups excluding carboxylic acids is 1. The topological polar surface area (TPSA) is 55.1 Å². The number of aryl methyl sites for hydroxylation is 1. The maximum Gasteiger partial charge on any atom is 0.266 e. The Labute approximate surface area is 127 Å². The van der Waals surface area contributed by atoms with Crippen LogP contribution in [0.3, 0.4) is 0 Å². The van der Waals surface area contributed by atoms with E-state index in [1.54, 1.807) is 0 Å². The van der Waals surface area contributed by atoms with Gasteiger partial charge in [0.05, 0.1) is 9.87 Å². The van der Waals surface area contributed by atoms with Crippen molar-refractivity contribution in [2.75, 3.05) is 5.32 Å². The molecule has 0 saturated heterocycles. The van der Waals surface area contributed by atoms with Crippen LogP contribution in [0.4, 0.5) is 5.69 Å². The standard InChI is InChI=1S/C15H16N2OS2/c1-2-11-7-8-20-14(11)15(18)17-12-5-3-10(4-6-12)9-13(16)19/h3-8H,2,9H2,1H3,(H2,16,19)(H,17,18). The molecule has 2 aromatic rings. The van der Waals surface area contributed by atoms with E-state index >= 15 is 0 Å². The molecule has 1 aromatic carbocycles. The van der Waals surface area contributed by atoms with E-state index in [0.717, 1.165) is 28.1 Å². The molecule has 3 N–H and O–H groups in total. The van der Waals surface area contributed by atoms with E-state index in [-0.39, 0.29) is 5.91 Å². The minimum Gasteiger partial charge on any atom is -0.393 e. The summed E-state index contributed by atoms with van der Waals surface area (Å²) in [6.45, 7) is 2.04. The number of carbonyl (C=O) groups is 1. The molecule has 0 fully saturated rings. The van der Waals surface area contributed by atoms with Crippen LogP contribution < -0.4 is 11.1 Å². The van der Waals surface area contributed by atoms with Gasteiger partial charge >= 0.3 is 0 Å². The first kappa shape index (κ1) is 14.7. The number of anilines is 1. The van der Waals surface area contributed by atoms with Gasteiger partial charge in [0.15, 0.2) is 0 Å². The predicted molar refractivity (Wildman–Crippen MR) is 88.6 cm³/mol. The molecule has 2 rings (SSSR count). The minimum absolute atomic E-state index is 0.0565. The molecule has 0 unspecified atom stereocenters. The predicted octanol–water partition coefficient (Wildman–Crippen LogP) is 3.39.